The number of benzene rings is 1. The van der Waals surface area contributed by atoms with E-state index in [2.05, 4.69) is 0 Å². The Kier molecular flexibility index (Phi) is 6.40. The van der Waals surface area contributed by atoms with Crippen molar-refractivity contribution >= 4 is 6.08 Å². The van der Waals surface area contributed by atoms with Gasteiger partial charge in [-0.3, -0.25) is 0 Å². The predicted octanol–water partition coefficient (Wildman–Crippen LogP) is 3.24. The van der Waals surface area contributed by atoms with Gasteiger partial charge in [0.1, 0.15) is 11.5 Å². The Morgan fingerprint density at radius 1 is 1.15 bits per heavy atom. The van der Waals surface area contributed by atoms with Crippen LogP contribution in [0.15, 0.2) is 39.6 Å². The van der Waals surface area contributed by atoms with E-state index in [1.807, 2.05) is 38.1 Å². The largest absolute Gasteiger partial charge is 0.507 e. The lowest BCUT2D eigenvalue weighted by Gasteiger charge is -2.26. The highest BCUT2D eigenvalue weighted by molar-refractivity contribution is 5.56. The minimum atomic E-state index is -0.829. The maximum Gasteiger partial charge on any atom is 0.342 e. The van der Waals surface area contributed by atoms with Crippen LogP contribution >= 0.6 is 0 Å². The molecule has 140 valence electrons. The molecular weight excluding hydrogens is 332 g/mol. The first-order valence-electron chi connectivity index (χ1n) is 8.65. The van der Waals surface area contributed by atoms with Crippen LogP contribution in [0.5, 0.6) is 5.75 Å². The molecular formula is C21H26O5. The standard InChI is InChI=1S/C21H26O5/c1-12-7-8-17(16(10-12)6-5-9-22)13(2)20(24)15(4)19-11-18(23)14(3)21(25)26-19/h5-8,10-11,13,15,20,22-24H,9H2,1-4H3/b6-5+. The van der Waals surface area contributed by atoms with Crippen molar-refractivity contribution < 1.29 is 19.7 Å². The zero-order valence-corrected chi connectivity index (χ0v) is 15.6. The smallest absolute Gasteiger partial charge is 0.342 e. The molecule has 0 aliphatic carbocycles. The van der Waals surface area contributed by atoms with Crippen molar-refractivity contribution in [2.75, 3.05) is 6.61 Å². The van der Waals surface area contributed by atoms with E-state index in [1.54, 1.807) is 13.0 Å². The zero-order chi connectivity index (χ0) is 19.4. The normalized spacial score (nSPS) is 15.2. The minimum absolute atomic E-state index is 0.0610. The fourth-order valence-corrected chi connectivity index (χ4v) is 3.00. The highest BCUT2D eigenvalue weighted by Crippen LogP contribution is 2.33. The summed E-state index contributed by atoms with van der Waals surface area (Å²) in [5.74, 6) is -0.625. The molecule has 0 aliphatic heterocycles. The first-order valence-corrected chi connectivity index (χ1v) is 8.65. The van der Waals surface area contributed by atoms with E-state index in [4.69, 9.17) is 9.52 Å². The molecule has 0 bridgehead atoms. The van der Waals surface area contributed by atoms with E-state index in [1.165, 1.54) is 13.0 Å². The number of hydrogen-bond acceptors (Lipinski definition) is 5. The number of aryl methyl sites for hydroxylation is 1. The fraction of sp³-hybridized carbons (Fsp3) is 0.381. The van der Waals surface area contributed by atoms with Gasteiger partial charge < -0.3 is 19.7 Å². The average Bonchev–Trinajstić information content (AvgIpc) is 2.62. The van der Waals surface area contributed by atoms with Gasteiger partial charge in [0, 0.05) is 17.9 Å². The Morgan fingerprint density at radius 2 is 1.85 bits per heavy atom. The number of aromatic hydroxyl groups is 1. The first-order chi connectivity index (χ1) is 12.3. The zero-order valence-electron chi connectivity index (χ0n) is 15.6. The predicted molar refractivity (Wildman–Crippen MR) is 102 cm³/mol. The third-order valence-corrected chi connectivity index (χ3v) is 4.79. The van der Waals surface area contributed by atoms with Crippen LogP contribution in [0.25, 0.3) is 6.08 Å². The van der Waals surface area contributed by atoms with Gasteiger partial charge in [-0.25, -0.2) is 4.79 Å². The summed E-state index contributed by atoms with van der Waals surface area (Å²) in [5, 5.41) is 29.8. The highest BCUT2D eigenvalue weighted by atomic mass is 16.4. The van der Waals surface area contributed by atoms with Crippen LogP contribution in [0.1, 0.15) is 53.7 Å². The molecule has 0 saturated heterocycles. The Balaban J connectivity index is 2.36. The topological polar surface area (TPSA) is 90.9 Å². The van der Waals surface area contributed by atoms with Gasteiger partial charge in [0.25, 0.3) is 0 Å². The number of aliphatic hydroxyl groups is 2. The van der Waals surface area contributed by atoms with Crippen LogP contribution in [-0.2, 0) is 0 Å². The van der Waals surface area contributed by atoms with Gasteiger partial charge in [-0.1, -0.05) is 49.8 Å². The van der Waals surface area contributed by atoms with Gasteiger partial charge >= 0.3 is 5.63 Å². The van der Waals surface area contributed by atoms with Gasteiger partial charge in [0.2, 0.25) is 0 Å². The summed E-state index contributed by atoms with van der Waals surface area (Å²) in [6, 6.07) is 7.30. The fourth-order valence-electron chi connectivity index (χ4n) is 3.00. The van der Waals surface area contributed by atoms with Crippen LogP contribution in [0.2, 0.25) is 0 Å². The summed E-state index contributed by atoms with van der Waals surface area (Å²) in [7, 11) is 0. The van der Waals surface area contributed by atoms with Gasteiger partial charge in [-0.05, 0) is 25.0 Å². The second-order valence-electron chi connectivity index (χ2n) is 6.73. The maximum absolute atomic E-state index is 11.8. The lowest BCUT2D eigenvalue weighted by molar-refractivity contribution is 0.114. The van der Waals surface area contributed by atoms with Crippen molar-refractivity contribution in [1.82, 2.24) is 0 Å². The Bertz CT molecular complexity index is 850. The summed E-state index contributed by atoms with van der Waals surface area (Å²) in [6.45, 7) is 7.06. The molecule has 5 nitrogen and oxygen atoms in total. The van der Waals surface area contributed by atoms with Crippen LogP contribution in [0.3, 0.4) is 0 Å². The molecule has 3 N–H and O–H groups in total. The SMILES string of the molecule is Cc1ccc(C(C)C(O)C(C)c2cc(O)c(C)c(=O)o2)c(/C=C/CO)c1. The molecule has 2 rings (SSSR count). The number of aliphatic hydroxyl groups excluding tert-OH is 2. The Labute approximate surface area is 153 Å². The molecule has 2 aromatic rings. The van der Waals surface area contributed by atoms with Gasteiger partial charge in [-0.2, -0.15) is 0 Å². The van der Waals surface area contributed by atoms with Crippen molar-refractivity contribution in [2.24, 2.45) is 0 Å². The molecule has 0 radical (unpaired) electrons. The second kappa shape index (κ2) is 8.34. The lowest BCUT2D eigenvalue weighted by atomic mass is 9.84. The molecule has 0 fully saturated rings. The minimum Gasteiger partial charge on any atom is -0.507 e. The summed E-state index contributed by atoms with van der Waals surface area (Å²) in [4.78, 5) is 11.8. The van der Waals surface area contributed by atoms with Crippen molar-refractivity contribution in [3.05, 3.63) is 68.8 Å². The summed E-state index contributed by atoms with van der Waals surface area (Å²) in [6.07, 6.45) is 2.65. The molecule has 26 heavy (non-hydrogen) atoms. The summed E-state index contributed by atoms with van der Waals surface area (Å²) >= 11 is 0. The molecule has 1 aromatic heterocycles. The summed E-state index contributed by atoms with van der Waals surface area (Å²) in [5.41, 5.74) is 2.48. The molecule has 1 aromatic carbocycles. The monoisotopic (exact) mass is 358 g/mol. The van der Waals surface area contributed by atoms with Crippen LogP contribution < -0.4 is 5.63 Å². The molecule has 3 unspecified atom stereocenters. The molecule has 1 heterocycles. The Morgan fingerprint density at radius 3 is 2.46 bits per heavy atom. The van der Waals surface area contributed by atoms with Gasteiger partial charge in [-0.15, -0.1) is 0 Å². The van der Waals surface area contributed by atoms with Crippen molar-refractivity contribution in [2.45, 2.75) is 45.6 Å². The third-order valence-electron chi connectivity index (χ3n) is 4.79. The third kappa shape index (κ3) is 4.23. The molecule has 0 amide bonds. The molecule has 3 atom stereocenters. The number of rotatable bonds is 6. The van der Waals surface area contributed by atoms with Crippen LogP contribution in [-0.4, -0.2) is 28.0 Å². The molecule has 0 saturated carbocycles. The maximum atomic E-state index is 11.8. The average molecular weight is 358 g/mol. The molecule has 0 spiro atoms. The Hall–Kier alpha value is -2.37. The number of hydrogen-bond donors (Lipinski definition) is 3. The van der Waals surface area contributed by atoms with Gasteiger partial charge in [0.05, 0.1) is 18.3 Å². The van der Waals surface area contributed by atoms with E-state index in [9.17, 15) is 15.0 Å². The molecule has 5 heteroatoms. The quantitative estimate of drug-likeness (QED) is 0.737. The van der Waals surface area contributed by atoms with Crippen molar-refractivity contribution in [3.8, 4) is 5.75 Å². The first kappa shape index (κ1) is 19.9. The van der Waals surface area contributed by atoms with Crippen molar-refractivity contribution in [3.63, 3.8) is 0 Å². The van der Waals surface area contributed by atoms with Crippen LogP contribution in [0.4, 0.5) is 0 Å². The van der Waals surface area contributed by atoms with Gasteiger partial charge in [0.15, 0.2) is 0 Å². The van der Waals surface area contributed by atoms with E-state index in [0.29, 0.717) is 0 Å². The highest BCUT2D eigenvalue weighted by Gasteiger charge is 2.27. The van der Waals surface area contributed by atoms with E-state index >= 15 is 0 Å². The van der Waals surface area contributed by atoms with Crippen LogP contribution in [0, 0.1) is 13.8 Å². The van der Waals surface area contributed by atoms with Crippen molar-refractivity contribution in [1.29, 1.82) is 0 Å². The van der Waals surface area contributed by atoms with E-state index < -0.39 is 17.6 Å². The van der Waals surface area contributed by atoms with E-state index in [-0.39, 0.29) is 29.6 Å². The lowest BCUT2D eigenvalue weighted by Crippen LogP contribution is -2.24. The molecule has 0 aliphatic rings. The summed E-state index contributed by atoms with van der Waals surface area (Å²) < 4.78 is 5.25. The second-order valence-corrected chi connectivity index (χ2v) is 6.73. The van der Waals surface area contributed by atoms with E-state index in [0.717, 1.165) is 16.7 Å².